The van der Waals surface area contributed by atoms with Gasteiger partial charge in [-0.3, -0.25) is 9.59 Å². The highest BCUT2D eigenvalue weighted by atomic mass is 35.5. The number of ketones is 1. The first-order chi connectivity index (χ1) is 17.2. The zero-order valence-corrected chi connectivity index (χ0v) is 23.4. The molecule has 0 atom stereocenters. The predicted molar refractivity (Wildman–Crippen MR) is 144 cm³/mol. The maximum absolute atomic E-state index is 13.3. The third-order valence-electron chi connectivity index (χ3n) is 5.90. The lowest BCUT2D eigenvalue weighted by Gasteiger charge is -2.43. The van der Waals surface area contributed by atoms with Gasteiger partial charge in [-0.15, -0.1) is 0 Å². The molecule has 2 heterocycles. The molecule has 0 aliphatic carbocycles. The second-order valence-electron chi connectivity index (χ2n) is 9.06. The minimum absolute atomic E-state index is 0.133. The molecular weight excluding hydrogens is 482 g/mol. The van der Waals surface area contributed by atoms with Gasteiger partial charge in [-0.05, 0) is 59.0 Å². The van der Waals surface area contributed by atoms with Gasteiger partial charge in [0.05, 0.1) is 29.2 Å². The Bertz CT molecular complexity index is 785. The molecule has 1 aromatic rings. The van der Waals surface area contributed by atoms with E-state index in [1.165, 1.54) is 26.7 Å². The van der Waals surface area contributed by atoms with Crippen LogP contribution in [0.3, 0.4) is 0 Å². The molecule has 0 aromatic heterocycles. The number of Topliss-reactive ketones (excluding diaryl/α,β-unsaturated/α-hetero) is 1. The quantitative estimate of drug-likeness (QED) is 0.627. The molecule has 0 radical (unpaired) electrons. The Morgan fingerprint density at radius 1 is 1.00 bits per heavy atom. The van der Waals surface area contributed by atoms with Crippen molar-refractivity contribution in [3.8, 4) is 0 Å². The number of piperidine rings is 1. The van der Waals surface area contributed by atoms with Crippen LogP contribution in [0.25, 0.3) is 0 Å². The highest BCUT2D eigenvalue weighted by Crippen LogP contribution is 2.33. The van der Waals surface area contributed by atoms with Gasteiger partial charge in [0.1, 0.15) is 12.6 Å². The van der Waals surface area contributed by atoms with Gasteiger partial charge in [0.2, 0.25) is 5.91 Å². The number of rotatable bonds is 5. The first kappa shape index (κ1) is 33.7. The molecule has 1 aromatic carbocycles. The van der Waals surface area contributed by atoms with E-state index < -0.39 is 5.41 Å². The predicted octanol–water partition coefficient (Wildman–Crippen LogP) is 3.86. The zero-order valence-electron chi connectivity index (χ0n) is 22.6. The second kappa shape index (κ2) is 18.9. The summed E-state index contributed by atoms with van der Waals surface area (Å²) in [5.74, 6) is 0.0667. The molecular formula is C27H44ClN3O5. The fraction of sp³-hybridized carbons (Fsp3) is 0.630. The van der Waals surface area contributed by atoms with Crippen molar-refractivity contribution in [1.29, 1.82) is 0 Å². The Morgan fingerprint density at radius 2 is 1.50 bits per heavy atom. The first-order valence-electron chi connectivity index (χ1n) is 12.5. The molecule has 9 heteroatoms. The van der Waals surface area contributed by atoms with Crippen molar-refractivity contribution in [3.05, 3.63) is 34.9 Å². The van der Waals surface area contributed by atoms with Gasteiger partial charge < -0.3 is 29.4 Å². The summed E-state index contributed by atoms with van der Waals surface area (Å²) in [6.07, 6.45) is 4.12. The van der Waals surface area contributed by atoms with Crippen LogP contribution in [0.1, 0.15) is 63.7 Å². The summed E-state index contributed by atoms with van der Waals surface area (Å²) in [4.78, 5) is 47.4. The molecule has 0 bridgehead atoms. The van der Waals surface area contributed by atoms with Crippen LogP contribution < -0.4 is 5.32 Å². The Morgan fingerprint density at radius 3 is 1.97 bits per heavy atom. The normalized spacial score (nSPS) is 16.6. The molecule has 1 N–H and O–H groups in total. The van der Waals surface area contributed by atoms with E-state index in [1.54, 1.807) is 24.3 Å². The number of ether oxygens (including phenoxy) is 1. The summed E-state index contributed by atoms with van der Waals surface area (Å²) in [6.45, 7) is 13.8. The summed E-state index contributed by atoms with van der Waals surface area (Å²) >= 11 is 6.12. The summed E-state index contributed by atoms with van der Waals surface area (Å²) in [7, 11) is 2.06. The van der Waals surface area contributed by atoms with Crippen molar-refractivity contribution in [1.82, 2.24) is 15.1 Å². The molecule has 0 saturated carbocycles. The molecule has 2 aliphatic heterocycles. The van der Waals surface area contributed by atoms with Gasteiger partial charge in [-0.2, -0.15) is 0 Å². The van der Waals surface area contributed by atoms with Crippen molar-refractivity contribution in [2.24, 2.45) is 5.41 Å². The van der Waals surface area contributed by atoms with Crippen molar-refractivity contribution < 1.29 is 23.9 Å². The third kappa shape index (κ3) is 12.1. The van der Waals surface area contributed by atoms with Gasteiger partial charge >= 0.3 is 0 Å². The SMILES string of the molecule is C=O.CC(C)=O.CCCC.CN1CCC(CNC(=O)c2ccccc2Cl)(C(=O)N2CCOCC2)CC1. The van der Waals surface area contributed by atoms with Crippen LogP contribution in [0.15, 0.2) is 24.3 Å². The Labute approximate surface area is 221 Å². The second-order valence-corrected chi connectivity index (χ2v) is 9.47. The molecule has 0 spiro atoms. The average molecular weight is 526 g/mol. The van der Waals surface area contributed by atoms with Crippen molar-refractivity contribution in [2.45, 2.75) is 53.4 Å². The molecule has 36 heavy (non-hydrogen) atoms. The summed E-state index contributed by atoms with van der Waals surface area (Å²) in [6, 6.07) is 6.97. The number of hydrogen-bond donors (Lipinski definition) is 1. The van der Waals surface area contributed by atoms with E-state index in [2.05, 4.69) is 31.1 Å². The minimum Gasteiger partial charge on any atom is -0.378 e. The molecule has 3 rings (SSSR count). The first-order valence-corrected chi connectivity index (χ1v) is 12.9. The average Bonchev–Trinajstić information content (AvgIpc) is 2.90. The van der Waals surface area contributed by atoms with Crippen molar-refractivity contribution >= 4 is 36.0 Å². The lowest BCUT2D eigenvalue weighted by Crippen LogP contribution is -2.56. The number of likely N-dealkylation sites (tertiary alicyclic amines) is 1. The van der Waals surface area contributed by atoms with Crippen LogP contribution in [0, 0.1) is 5.41 Å². The molecule has 2 aliphatic rings. The number of benzene rings is 1. The number of nitrogens with one attached hydrogen (secondary N) is 1. The number of amides is 2. The fourth-order valence-corrected chi connectivity index (χ4v) is 3.83. The van der Waals surface area contributed by atoms with Crippen LogP contribution in [-0.2, 0) is 19.1 Å². The van der Waals surface area contributed by atoms with Gasteiger partial charge in [0.15, 0.2) is 0 Å². The van der Waals surface area contributed by atoms with Crippen molar-refractivity contribution in [3.63, 3.8) is 0 Å². The lowest BCUT2D eigenvalue weighted by molar-refractivity contribution is -0.148. The van der Waals surface area contributed by atoms with Gasteiger partial charge in [0.25, 0.3) is 5.91 Å². The van der Waals surface area contributed by atoms with E-state index in [9.17, 15) is 14.4 Å². The van der Waals surface area contributed by atoms with E-state index in [1.807, 2.05) is 11.7 Å². The Hall–Kier alpha value is -2.29. The highest BCUT2D eigenvalue weighted by Gasteiger charge is 2.43. The van der Waals surface area contributed by atoms with Crippen LogP contribution in [0.2, 0.25) is 5.02 Å². The molecule has 8 nitrogen and oxygen atoms in total. The monoisotopic (exact) mass is 525 g/mol. The lowest BCUT2D eigenvalue weighted by atomic mass is 9.76. The number of carbonyl (C=O) groups excluding carboxylic acids is 4. The van der Waals surface area contributed by atoms with Crippen LogP contribution in [0.5, 0.6) is 0 Å². The van der Waals surface area contributed by atoms with Crippen LogP contribution >= 0.6 is 11.6 Å². The number of carbonyl (C=O) groups is 4. The molecule has 2 fully saturated rings. The summed E-state index contributed by atoms with van der Waals surface area (Å²) in [5, 5.41) is 3.38. The number of nitrogens with zero attached hydrogens (tertiary/aromatic N) is 2. The highest BCUT2D eigenvalue weighted by molar-refractivity contribution is 6.33. The third-order valence-corrected chi connectivity index (χ3v) is 6.23. The van der Waals surface area contributed by atoms with E-state index in [-0.39, 0.29) is 17.6 Å². The molecule has 0 unspecified atom stereocenters. The molecule has 2 saturated heterocycles. The van der Waals surface area contributed by atoms with E-state index >= 15 is 0 Å². The van der Waals surface area contributed by atoms with Crippen molar-refractivity contribution in [2.75, 3.05) is 53.0 Å². The van der Waals surface area contributed by atoms with E-state index in [0.29, 0.717) is 43.4 Å². The Kier molecular flexibility index (Phi) is 17.7. The van der Waals surface area contributed by atoms with E-state index in [0.717, 1.165) is 25.9 Å². The molecule has 2 amide bonds. The standard InChI is InChI=1S/C19H26ClN3O3.C4H10.C3H6O.CH2O/c1-22-8-6-19(7-9-22,18(25)23-10-12-26-13-11-23)14-21-17(24)15-4-2-3-5-16(15)20;1-3-4-2;1-3(2)4;1-2/h2-5H,6-14H2,1H3,(H,21,24);3-4H2,1-2H3;1-2H3;1H2. The smallest absolute Gasteiger partial charge is 0.252 e. The van der Waals surface area contributed by atoms with Gasteiger partial charge in [0, 0.05) is 19.6 Å². The van der Waals surface area contributed by atoms with Crippen LogP contribution in [0.4, 0.5) is 0 Å². The largest absolute Gasteiger partial charge is 0.378 e. The number of unbranched alkanes of at least 4 members (excludes halogenated alkanes) is 1. The summed E-state index contributed by atoms with van der Waals surface area (Å²) < 4.78 is 5.37. The zero-order chi connectivity index (χ0) is 27.6. The van der Waals surface area contributed by atoms with Gasteiger partial charge in [-0.1, -0.05) is 50.4 Å². The number of halogens is 1. The topological polar surface area (TPSA) is 96.0 Å². The number of morpholine rings is 1. The maximum atomic E-state index is 13.3. The maximum Gasteiger partial charge on any atom is 0.252 e. The summed E-state index contributed by atoms with van der Waals surface area (Å²) in [5.41, 5.74) is -0.114. The Balaban J connectivity index is 0.00000106. The van der Waals surface area contributed by atoms with Gasteiger partial charge in [-0.25, -0.2) is 0 Å². The molecule has 204 valence electrons. The fourth-order valence-electron chi connectivity index (χ4n) is 3.60. The van der Waals surface area contributed by atoms with Crippen LogP contribution in [-0.4, -0.2) is 87.2 Å². The minimum atomic E-state index is -0.555. The van der Waals surface area contributed by atoms with E-state index in [4.69, 9.17) is 21.1 Å². The number of hydrogen-bond acceptors (Lipinski definition) is 6.